The summed E-state index contributed by atoms with van der Waals surface area (Å²) in [6.45, 7) is 24.0. The van der Waals surface area contributed by atoms with Crippen molar-refractivity contribution in [1.82, 2.24) is 0 Å². The highest BCUT2D eigenvalue weighted by Gasteiger charge is 2.76. The van der Waals surface area contributed by atoms with Gasteiger partial charge >= 0.3 is 23.9 Å². The van der Waals surface area contributed by atoms with E-state index in [1.807, 2.05) is 27.7 Å². The lowest BCUT2D eigenvalue weighted by molar-refractivity contribution is -0.394. The Morgan fingerprint density at radius 2 is 1.02 bits per heavy atom. The second-order valence-corrected chi connectivity index (χ2v) is 38.8. The van der Waals surface area contributed by atoms with Gasteiger partial charge in [0.25, 0.3) is 0 Å². The van der Waals surface area contributed by atoms with Gasteiger partial charge in [-0.25, -0.2) is 4.79 Å². The largest absolute Gasteiger partial charge is 0.479 e. The minimum atomic E-state index is -2.25. The van der Waals surface area contributed by atoms with Gasteiger partial charge in [-0.2, -0.15) is 0 Å². The Morgan fingerprint density at radius 3 is 1.58 bits per heavy atom. The minimum Gasteiger partial charge on any atom is -0.479 e. The van der Waals surface area contributed by atoms with Crippen LogP contribution in [0, 0.1) is 61.6 Å². The van der Waals surface area contributed by atoms with E-state index in [4.69, 9.17) is 66.3 Å². The molecule has 10 fully saturated rings. The summed E-state index contributed by atoms with van der Waals surface area (Å²) in [6, 6.07) is 0. The average molecular weight is 1750 g/mol. The Hall–Kier alpha value is -3.87. The van der Waals surface area contributed by atoms with Crippen LogP contribution in [0.3, 0.4) is 0 Å². The summed E-state index contributed by atoms with van der Waals surface area (Å²) >= 11 is 0. The van der Waals surface area contributed by atoms with Crippen LogP contribution in [0.5, 0.6) is 0 Å². The van der Waals surface area contributed by atoms with Gasteiger partial charge in [-0.05, 0) is 124 Å². The molecule has 19 N–H and O–H groups in total. The first kappa shape index (κ1) is 98.7. The van der Waals surface area contributed by atoms with Gasteiger partial charge in [0.05, 0.1) is 80.3 Å². The molecule has 5 aliphatic carbocycles. The first-order valence-corrected chi connectivity index (χ1v) is 43.3. The molecule has 700 valence electrons. The van der Waals surface area contributed by atoms with Crippen LogP contribution in [0.15, 0.2) is 11.6 Å². The Labute approximate surface area is 709 Å². The summed E-state index contributed by atoms with van der Waals surface area (Å²) in [4.78, 5) is 71.5. The number of aldehydes is 1. The number of carbonyl (C=O) groups excluding carboxylic acids is 4. The van der Waals surface area contributed by atoms with E-state index in [0.29, 0.717) is 51.4 Å². The molecule has 0 aromatic heterocycles. The Balaban J connectivity index is 0.825. The first-order chi connectivity index (χ1) is 57.0. The number of allylic oxidation sites excluding steroid dienone is 2. The average Bonchev–Trinajstić information content (AvgIpc) is 0.688. The maximum absolute atomic E-state index is 16.3. The summed E-state index contributed by atoms with van der Waals surface area (Å²) in [5.74, 6) is -6.10. The lowest BCUT2D eigenvalue weighted by atomic mass is 9.31. The number of carboxylic acids is 1. The minimum absolute atomic E-state index is 0.0110. The predicted octanol–water partition coefficient (Wildman–Crippen LogP) is -1.83. The molecule has 0 aromatic rings. The van der Waals surface area contributed by atoms with Gasteiger partial charge in [-0.1, -0.05) is 101 Å². The number of aliphatic carboxylic acids is 1. The Bertz CT molecular complexity index is 3600. The van der Waals surface area contributed by atoms with Gasteiger partial charge < -0.3 is 168 Å². The molecule has 122 heavy (non-hydrogen) atoms. The van der Waals surface area contributed by atoms with Crippen LogP contribution in [-0.2, 0) is 90.3 Å². The van der Waals surface area contributed by atoms with Crippen LogP contribution in [0.25, 0.3) is 0 Å². The van der Waals surface area contributed by atoms with Crippen molar-refractivity contribution in [3.63, 3.8) is 0 Å². The number of esters is 3. The SMILES string of the molecule is CC[C@@H](C)C(C[C@@H](O)CC(=O)O[C@@H]1[C@H](O)[C@@H](O[C@@H]2O[C@@H](C)[C@H](O)C(O)[C@H]2O)[C@H](OC(=O)[C@]23CCC(C)(C)C[C@@]2(C)C2=CCC4[C@@]5(C)CC[C@H](O[C@@H]6O[C@H](C(=O)O)[C@@H](O)[C@H](O[C@@H]7O[C@@H](C)[C@H](O)[C@@H](O)[C@H]7O)[C@H]6O[C@@H]6O[C@H](CO)[C@H](O)[C@H](O)[C@H]6O)[C@@](C)(C=O)C5CC[C@@]4(C)[C@]2(C)C[C@H]3O)O[C@@H]1C)OC(=O)C[C@H](O)CC(O[C@H]1O[C@H](CO)[C@@H](O)[C@@H]1O)[C@H](C)CC. The molecule has 0 bridgehead atoms. The zero-order valence-electron chi connectivity index (χ0n) is 71.9. The molecular weight excluding hydrogens is 1620 g/mol. The third-order valence-electron chi connectivity index (χ3n) is 30.6. The number of aliphatic hydroxyl groups is 18. The fourth-order valence-electron chi connectivity index (χ4n) is 22.8. The van der Waals surface area contributed by atoms with Crippen LogP contribution in [0.1, 0.15) is 193 Å². The van der Waals surface area contributed by atoms with Crippen LogP contribution >= 0.6 is 0 Å². The van der Waals surface area contributed by atoms with Gasteiger partial charge in [0.1, 0.15) is 122 Å². The highest BCUT2D eigenvalue weighted by Crippen LogP contribution is 2.79. The number of carboxylic acid groups (broad SMARTS) is 1. The summed E-state index contributed by atoms with van der Waals surface area (Å²) in [5.41, 5.74) is -6.53. The molecule has 4 saturated carbocycles. The molecule has 38 nitrogen and oxygen atoms in total. The fraction of sp³-hybridized carbons (Fsp3) is 0.917. The molecule has 0 spiro atoms. The van der Waals surface area contributed by atoms with Crippen molar-refractivity contribution in [2.45, 2.75) is 408 Å². The van der Waals surface area contributed by atoms with Crippen molar-refractivity contribution < 1.29 is 187 Å². The predicted molar refractivity (Wildman–Crippen MR) is 414 cm³/mol. The smallest absolute Gasteiger partial charge is 0.335 e. The number of hydrogen-bond donors (Lipinski definition) is 19. The number of ether oxygens (including phenoxy) is 14. The Morgan fingerprint density at radius 1 is 0.508 bits per heavy atom. The molecule has 6 heterocycles. The van der Waals surface area contributed by atoms with E-state index in [9.17, 15) is 116 Å². The van der Waals surface area contributed by atoms with Crippen molar-refractivity contribution in [2.24, 2.45) is 61.6 Å². The van der Waals surface area contributed by atoms with Crippen molar-refractivity contribution >= 4 is 30.2 Å². The van der Waals surface area contributed by atoms with E-state index in [-0.39, 0.29) is 43.9 Å². The van der Waals surface area contributed by atoms with Crippen molar-refractivity contribution in [2.75, 3.05) is 13.2 Å². The summed E-state index contributed by atoms with van der Waals surface area (Å²) in [7, 11) is 0. The van der Waals surface area contributed by atoms with Crippen LogP contribution in [0.4, 0.5) is 0 Å². The van der Waals surface area contributed by atoms with E-state index in [1.54, 1.807) is 13.8 Å². The number of fused-ring (bicyclic) bond motifs is 7. The quantitative estimate of drug-likeness (QED) is 0.0124. The lowest BCUT2D eigenvalue weighted by Gasteiger charge is -2.73. The Kier molecular flexibility index (Phi) is 31.0. The topological polar surface area (TPSA) is 599 Å². The monoisotopic (exact) mass is 1750 g/mol. The maximum atomic E-state index is 16.3. The molecule has 45 atom stereocenters. The second kappa shape index (κ2) is 38.3. The fourth-order valence-corrected chi connectivity index (χ4v) is 22.8. The van der Waals surface area contributed by atoms with Gasteiger partial charge in [0.2, 0.25) is 6.29 Å². The molecule has 11 aliphatic rings. The number of carbonyl (C=O) groups is 5. The number of hydrogen-bond acceptors (Lipinski definition) is 37. The van der Waals surface area contributed by atoms with E-state index < -0.39 is 314 Å². The maximum Gasteiger partial charge on any atom is 0.335 e. The summed E-state index contributed by atoms with van der Waals surface area (Å²) < 4.78 is 85.1. The summed E-state index contributed by atoms with van der Waals surface area (Å²) in [6.07, 6.45) is -54.4. The van der Waals surface area contributed by atoms with Crippen molar-refractivity contribution in [3.05, 3.63) is 11.6 Å². The molecule has 0 aromatic carbocycles. The van der Waals surface area contributed by atoms with Crippen molar-refractivity contribution in [1.29, 1.82) is 0 Å². The van der Waals surface area contributed by atoms with Gasteiger partial charge in [-0.15, -0.1) is 0 Å². The standard InChI is InChI=1S/C84H136O38/c1-15-34(3)41(112-50(91)27-40(89)26-42(35(4)16-2)113-73-59(100)55(96)44(31-86)114-73)25-39(88)28-51(92)117-65-38(7)111-75(68(63(65)104)120-72-61(102)57(98)53(94)37(6)110-72)122-77(108)84-24-23-78(8,9)32-83(84,14)47-18-17-46-79(10)21-20-49(80(11,33-87)45(79)19-22-81(46,12)82(47,13)29-48(84)90)116-76-69(121-74-62(103)58(99)54(95)43(30-85)115-74)66(64(105)67(119-76)70(106)107)118-71-60(101)56(97)52(93)36(5)109-71/h18,33-46,48-49,52-69,71-76,85-86,88-90,93-105H,15-17,19-32H2,1-14H3,(H,106,107)/t34-,35-,36+,37+,38-,39-,40-,41?,42?,43-,44-,45?,46?,48-,49+,52+,53+,54+,55-,56-,57?,58+,59+,60-,61-,62-,63+,64+,65+,66+,67+,68-,69-,71+,72+,73+,74+,75+,76-,79+,80+,81-,82-,83+,84-/m1/s1. The molecule has 5 unspecified atom stereocenters. The highest BCUT2D eigenvalue weighted by atomic mass is 16.8. The van der Waals surface area contributed by atoms with Gasteiger partial charge in [0.15, 0.2) is 49.8 Å². The van der Waals surface area contributed by atoms with Crippen molar-refractivity contribution in [3.8, 4) is 0 Å². The van der Waals surface area contributed by atoms with Crippen LogP contribution < -0.4 is 0 Å². The molecule has 0 amide bonds. The van der Waals surface area contributed by atoms with Crippen LogP contribution in [0.2, 0.25) is 0 Å². The molecular formula is C84H136O38. The third-order valence-corrected chi connectivity index (χ3v) is 30.6. The number of aliphatic hydroxyl groups excluding tert-OH is 18. The molecule has 6 aliphatic heterocycles. The van der Waals surface area contributed by atoms with E-state index in [0.717, 1.165) is 11.9 Å². The van der Waals surface area contributed by atoms with Gasteiger partial charge in [0, 0.05) is 18.3 Å². The molecule has 6 saturated heterocycles. The first-order valence-electron chi connectivity index (χ1n) is 43.3. The summed E-state index contributed by atoms with van der Waals surface area (Å²) in [5, 5.41) is 211. The third kappa shape index (κ3) is 18.3. The second-order valence-electron chi connectivity index (χ2n) is 38.8. The van der Waals surface area contributed by atoms with Gasteiger partial charge in [-0.3, -0.25) is 14.4 Å². The highest BCUT2D eigenvalue weighted by molar-refractivity contribution is 5.81. The number of rotatable bonds is 30. The molecule has 38 heteroatoms. The normalized spacial score (nSPS) is 48.5. The van der Waals surface area contributed by atoms with E-state index >= 15 is 4.79 Å². The zero-order valence-corrected chi connectivity index (χ0v) is 71.9. The molecule has 0 radical (unpaired) electrons. The van der Waals surface area contributed by atoms with E-state index in [2.05, 4.69) is 40.7 Å². The van der Waals surface area contributed by atoms with E-state index in [1.165, 1.54) is 20.8 Å². The van der Waals surface area contributed by atoms with Crippen LogP contribution in [-0.4, -0.2) is 355 Å². The lowest BCUT2D eigenvalue weighted by Crippen LogP contribution is -2.71. The zero-order chi connectivity index (χ0) is 90.2. The molecule has 11 rings (SSSR count).